The molecule has 0 saturated carbocycles. The van der Waals surface area contributed by atoms with Gasteiger partial charge in [-0.2, -0.15) is 0 Å². The molecule has 126 valence electrons. The van der Waals surface area contributed by atoms with Gasteiger partial charge in [-0.1, -0.05) is 12.1 Å². The maximum atomic E-state index is 12.4. The Morgan fingerprint density at radius 2 is 1.88 bits per heavy atom. The summed E-state index contributed by atoms with van der Waals surface area (Å²) in [5, 5.41) is 19.1. The summed E-state index contributed by atoms with van der Waals surface area (Å²) in [6.07, 6.45) is 5.87. The number of Topliss-reactive ketones (excluding diaryl/α,β-unsaturated/α-hetero) is 1. The molecule has 0 aliphatic carbocycles. The second kappa shape index (κ2) is 6.84. The van der Waals surface area contributed by atoms with E-state index in [9.17, 15) is 19.8 Å². The number of nitrogens with zero attached hydrogens (tertiary/aromatic N) is 3. The van der Waals surface area contributed by atoms with Crippen molar-refractivity contribution in [3.8, 4) is 5.75 Å². The van der Waals surface area contributed by atoms with Crippen LogP contribution in [0.2, 0.25) is 0 Å². The van der Waals surface area contributed by atoms with Gasteiger partial charge >= 0.3 is 0 Å². The van der Waals surface area contributed by atoms with Crippen LogP contribution in [0.5, 0.6) is 5.75 Å². The molecule has 7 heteroatoms. The Labute approximate surface area is 139 Å². The van der Waals surface area contributed by atoms with E-state index in [4.69, 9.17) is 0 Å². The summed E-state index contributed by atoms with van der Waals surface area (Å²) in [6, 6.07) is 5.61. The van der Waals surface area contributed by atoms with Crippen molar-refractivity contribution in [3.05, 3.63) is 48.5 Å². The Morgan fingerprint density at radius 3 is 2.50 bits per heavy atom. The summed E-state index contributed by atoms with van der Waals surface area (Å²) in [6.45, 7) is 0.788. The second-order valence-corrected chi connectivity index (χ2v) is 5.84. The zero-order valence-corrected chi connectivity index (χ0v) is 13.1. The highest BCUT2D eigenvalue weighted by atomic mass is 16.3. The Morgan fingerprint density at radius 1 is 1.12 bits per heavy atom. The molecule has 24 heavy (non-hydrogen) atoms. The van der Waals surface area contributed by atoms with Crippen LogP contribution in [0.3, 0.4) is 0 Å². The van der Waals surface area contributed by atoms with E-state index in [0.717, 1.165) is 0 Å². The van der Waals surface area contributed by atoms with E-state index in [2.05, 4.69) is 4.98 Å². The first-order chi connectivity index (χ1) is 11.6. The van der Waals surface area contributed by atoms with Crippen LogP contribution >= 0.6 is 0 Å². The van der Waals surface area contributed by atoms with Gasteiger partial charge in [-0.05, 0) is 24.1 Å². The molecule has 2 aromatic rings. The molecule has 1 fully saturated rings. The largest absolute Gasteiger partial charge is 0.508 e. The predicted octanol–water partition coefficient (Wildman–Crippen LogP) is 0.535. The lowest BCUT2D eigenvalue weighted by atomic mass is 9.91. The standard InChI is InChI=1S/C17H19N3O4/c21-10-14-15(12-2-4-13(22)5-3-12)16(23)17(24)20(14)8-1-7-19-9-6-18-11-19/h2-6,9,11,14-15,21-22H,1,7-8,10H2. The minimum atomic E-state index is -0.698. The normalized spacial score (nSPS) is 20.8. The fourth-order valence-corrected chi connectivity index (χ4v) is 3.15. The quantitative estimate of drug-likeness (QED) is 0.754. The number of likely N-dealkylation sites (tertiary alicyclic amines) is 1. The Balaban J connectivity index is 1.73. The highest BCUT2D eigenvalue weighted by molar-refractivity contribution is 6.40. The summed E-state index contributed by atoms with van der Waals surface area (Å²) in [4.78, 5) is 30.1. The lowest BCUT2D eigenvalue weighted by Crippen LogP contribution is -2.38. The van der Waals surface area contributed by atoms with E-state index in [-0.39, 0.29) is 12.4 Å². The number of imidazole rings is 1. The average molecular weight is 329 g/mol. The van der Waals surface area contributed by atoms with Gasteiger partial charge in [0.15, 0.2) is 0 Å². The summed E-state index contributed by atoms with van der Waals surface area (Å²) < 4.78 is 1.90. The number of aliphatic hydroxyl groups is 1. The monoisotopic (exact) mass is 329 g/mol. The van der Waals surface area contributed by atoms with Crippen LogP contribution < -0.4 is 0 Å². The van der Waals surface area contributed by atoms with E-state index >= 15 is 0 Å². The van der Waals surface area contributed by atoms with Crippen LogP contribution in [0, 0.1) is 0 Å². The number of phenolic OH excluding ortho intramolecular Hbond substituents is 1. The van der Waals surface area contributed by atoms with Crippen molar-refractivity contribution < 1.29 is 19.8 Å². The summed E-state index contributed by atoms with van der Waals surface area (Å²) >= 11 is 0. The lowest BCUT2D eigenvalue weighted by Gasteiger charge is -2.25. The number of aliphatic hydroxyl groups excluding tert-OH is 1. The van der Waals surface area contributed by atoms with Gasteiger partial charge in [-0.15, -0.1) is 0 Å². The van der Waals surface area contributed by atoms with Crippen molar-refractivity contribution in [1.82, 2.24) is 14.5 Å². The molecule has 1 saturated heterocycles. The number of phenols is 1. The first-order valence-electron chi connectivity index (χ1n) is 7.82. The predicted molar refractivity (Wildman–Crippen MR) is 85.3 cm³/mol. The van der Waals surface area contributed by atoms with E-state index in [1.165, 1.54) is 17.0 Å². The van der Waals surface area contributed by atoms with Gasteiger partial charge in [0.1, 0.15) is 5.75 Å². The Bertz CT molecular complexity index is 712. The molecule has 1 amide bonds. The first-order valence-corrected chi connectivity index (χ1v) is 7.82. The van der Waals surface area contributed by atoms with Crippen molar-refractivity contribution in [2.45, 2.75) is 24.9 Å². The average Bonchev–Trinajstić information content (AvgIpc) is 3.18. The minimum absolute atomic E-state index is 0.0910. The van der Waals surface area contributed by atoms with Crippen molar-refractivity contribution in [1.29, 1.82) is 0 Å². The van der Waals surface area contributed by atoms with Gasteiger partial charge in [-0.25, -0.2) is 4.98 Å². The molecule has 2 heterocycles. The highest BCUT2D eigenvalue weighted by Gasteiger charge is 2.47. The maximum absolute atomic E-state index is 12.4. The molecule has 2 unspecified atom stereocenters. The van der Waals surface area contributed by atoms with E-state index in [1.54, 1.807) is 24.7 Å². The van der Waals surface area contributed by atoms with E-state index in [0.29, 0.717) is 25.1 Å². The van der Waals surface area contributed by atoms with Crippen molar-refractivity contribution >= 4 is 11.7 Å². The molecular formula is C17H19N3O4. The number of aromatic hydroxyl groups is 1. The zero-order valence-electron chi connectivity index (χ0n) is 13.1. The topological polar surface area (TPSA) is 95.7 Å². The van der Waals surface area contributed by atoms with Gasteiger partial charge < -0.3 is 19.7 Å². The number of carbonyl (C=O) groups is 2. The Kier molecular flexibility index (Phi) is 4.61. The Hall–Kier alpha value is -2.67. The molecule has 0 spiro atoms. The van der Waals surface area contributed by atoms with Crippen molar-refractivity contribution in [2.24, 2.45) is 0 Å². The molecular weight excluding hydrogens is 310 g/mol. The summed E-state index contributed by atoms with van der Waals surface area (Å²) in [7, 11) is 0. The third kappa shape index (κ3) is 3.03. The van der Waals surface area contributed by atoms with Gasteiger partial charge in [0.25, 0.3) is 5.91 Å². The number of hydrogen-bond donors (Lipinski definition) is 2. The molecule has 1 aromatic heterocycles. The third-order valence-electron chi connectivity index (χ3n) is 4.35. The van der Waals surface area contributed by atoms with E-state index < -0.39 is 23.7 Å². The van der Waals surface area contributed by atoms with Crippen LogP contribution in [-0.2, 0) is 16.1 Å². The number of aryl methyl sites for hydroxylation is 1. The number of hydrogen-bond acceptors (Lipinski definition) is 5. The van der Waals surface area contributed by atoms with Gasteiger partial charge in [0.05, 0.1) is 24.9 Å². The van der Waals surface area contributed by atoms with Crippen LogP contribution in [0.15, 0.2) is 43.0 Å². The molecule has 7 nitrogen and oxygen atoms in total. The number of benzene rings is 1. The molecule has 0 bridgehead atoms. The number of rotatable bonds is 6. The van der Waals surface area contributed by atoms with Crippen LogP contribution in [0.4, 0.5) is 0 Å². The molecule has 3 rings (SSSR count). The lowest BCUT2D eigenvalue weighted by molar-refractivity contribution is -0.140. The van der Waals surface area contributed by atoms with Crippen LogP contribution in [0.25, 0.3) is 0 Å². The van der Waals surface area contributed by atoms with Gasteiger partial charge in [-0.3, -0.25) is 9.59 Å². The minimum Gasteiger partial charge on any atom is -0.508 e. The molecule has 1 aliphatic heterocycles. The fraction of sp³-hybridized carbons (Fsp3) is 0.353. The van der Waals surface area contributed by atoms with Crippen molar-refractivity contribution in [2.75, 3.05) is 13.2 Å². The van der Waals surface area contributed by atoms with Crippen molar-refractivity contribution in [3.63, 3.8) is 0 Å². The zero-order chi connectivity index (χ0) is 17.1. The molecule has 0 radical (unpaired) electrons. The third-order valence-corrected chi connectivity index (χ3v) is 4.35. The number of carbonyl (C=O) groups excluding carboxylic acids is 2. The number of amides is 1. The smallest absolute Gasteiger partial charge is 0.291 e. The maximum Gasteiger partial charge on any atom is 0.291 e. The molecule has 2 N–H and O–H groups in total. The molecule has 1 aliphatic rings. The SMILES string of the molecule is O=C1C(=O)N(CCCn2ccnc2)C(CO)C1c1ccc(O)cc1. The van der Waals surface area contributed by atoms with Crippen LogP contribution in [-0.4, -0.2) is 55.5 Å². The summed E-state index contributed by atoms with van der Waals surface area (Å²) in [5.74, 6) is -1.68. The van der Waals surface area contributed by atoms with Crippen LogP contribution in [0.1, 0.15) is 17.9 Å². The second-order valence-electron chi connectivity index (χ2n) is 5.84. The number of aromatic nitrogens is 2. The van der Waals surface area contributed by atoms with Gasteiger partial charge in [0, 0.05) is 25.5 Å². The van der Waals surface area contributed by atoms with E-state index in [1.807, 2.05) is 10.8 Å². The highest BCUT2D eigenvalue weighted by Crippen LogP contribution is 2.32. The summed E-state index contributed by atoms with van der Waals surface area (Å²) in [5.41, 5.74) is 0.627. The molecule has 1 aromatic carbocycles. The molecule has 2 atom stereocenters. The fourth-order valence-electron chi connectivity index (χ4n) is 3.15. The first kappa shape index (κ1) is 16.2. The number of ketones is 1. The van der Waals surface area contributed by atoms with Gasteiger partial charge in [0.2, 0.25) is 5.78 Å².